The van der Waals surface area contributed by atoms with Crippen LogP contribution in [0.5, 0.6) is 0 Å². The fraction of sp³-hybridized carbons (Fsp3) is 0.556. The van der Waals surface area contributed by atoms with E-state index in [0.717, 1.165) is 18.1 Å². The van der Waals surface area contributed by atoms with Crippen molar-refractivity contribution in [3.05, 3.63) is 17.7 Å². The number of aromatic nitrogens is 2. The normalized spacial score (nSPS) is 10.4. The third kappa shape index (κ3) is 2.30. The van der Waals surface area contributed by atoms with E-state index < -0.39 is 0 Å². The smallest absolute Gasteiger partial charge is 0.122 e. The molecule has 0 spiro atoms. The predicted octanol–water partition coefficient (Wildman–Crippen LogP) is 0.684. The first kappa shape index (κ1) is 9.75. The molecule has 0 amide bonds. The van der Waals surface area contributed by atoms with E-state index in [1.165, 1.54) is 0 Å². The van der Waals surface area contributed by atoms with E-state index >= 15 is 0 Å². The summed E-state index contributed by atoms with van der Waals surface area (Å²) in [6.07, 6.45) is 1.84. The second-order valence-electron chi connectivity index (χ2n) is 3.21. The van der Waals surface area contributed by atoms with Crippen molar-refractivity contribution in [2.75, 3.05) is 13.6 Å². The van der Waals surface area contributed by atoms with Gasteiger partial charge in [0.25, 0.3) is 0 Å². The van der Waals surface area contributed by atoms with Crippen molar-refractivity contribution in [1.29, 1.82) is 5.26 Å². The van der Waals surface area contributed by atoms with E-state index in [0.29, 0.717) is 6.54 Å². The van der Waals surface area contributed by atoms with Gasteiger partial charge in [-0.05, 0) is 14.0 Å². The Bertz CT molecular complexity index is 321. The molecule has 0 fully saturated rings. The van der Waals surface area contributed by atoms with Crippen LogP contribution in [0.25, 0.3) is 0 Å². The summed E-state index contributed by atoms with van der Waals surface area (Å²) in [6, 6.07) is 2.10. The fourth-order valence-electron chi connectivity index (χ4n) is 1.11. The third-order valence-corrected chi connectivity index (χ3v) is 2.07. The van der Waals surface area contributed by atoms with Crippen molar-refractivity contribution in [2.24, 2.45) is 7.05 Å². The van der Waals surface area contributed by atoms with Gasteiger partial charge in [-0.2, -0.15) is 5.26 Å². The number of hydrogen-bond acceptors (Lipinski definition) is 3. The zero-order chi connectivity index (χ0) is 9.84. The van der Waals surface area contributed by atoms with Crippen molar-refractivity contribution >= 4 is 0 Å². The zero-order valence-electron chi connectivity index (χ0n) is 8.28. The quantitative estimate of drug-likeness (QED) is 0.639. The van der Waals surface area contributed by atoms with Crippen molar-refractivity contribution < 1.29 is 0 Å². The van der Waals surface area contributed by atoms with Crippen LogP contribution < -0.4 is 0 Å². The van der Waals surface area contributed by atoms with Crippen molar-refractivity contribution in [3.63, 3.8) is 0 Å². The van der Waals surface area contributed by atoms with E-state index in [1.54, 1.807) is 0 Å². The van der Waals surface area contributed by atoms with Gasteiger partial charge >= 0.3 is 0 Å². The molecule has 1 aromatic heterocycles. The van der Waals surface area contributed by atoms with Crippen LogP contribution in [0.15, 0.2) is 6.20 Å². The number of nitriles is 1. The molecule has 0 aliphatic rings. The van der Waals surface area contributed by atoms with Gasteiger partial charge in [0.05, 0.1) is 19.2 Å². The average molecular weight is 178 g/mol. The maximum atomic E-state index is 8.47. The van der Waals surface area contributed by atoms with Crippen LogP contribution in [0, 0.1) is 18.3 Å². The summed E-state index contributed by atoms with van der Waals surface area (Å²) in [7, 11) is 3.89. The lowest BCUT2D eigenvalue weighted by molar-refractivity contribution is 0.352. The van der Waals surface area contributed by atoms with Gasteiger partial charge in [0.1, 0.15) is 5.82 Å². The molecule has 1 heterocycles. The van der Waals surface area contributed by atoms with E-state index in [1.807, 2.05) is 36.7 Å². The molecule has 0 radical (unpaired) electrons. The highest BCUT2D eigenvalue weighted by atomic mass is 15.2. The maximum absolute atomic E-state index is 8.47. The van der Waals surface area contributed by atoms with Gasteiger partial charge in [-0.15, -0.1) is 0 Å². The van der Waals surface area contributed by atoms with E-state index in [9.17, 15) is 0 Å². The summed E-state index contributed by atoms with van der Waals surface area (Å²) >= 11 is 0. The summed E-state index contributed by atoms with van der Waals surface area (Å²) < 4.78 is 2.04. The van der Waals surface area contributed by atoms with Gasteiger partial charge in [0.15, 0.2) is 0 Å². The first-order valence-corrected chi connectivity index (χ1v) is 4.18. The minimum atomic E-state index is 0.436. The Morgan fingerprint density at radius 1 is 1.69 bits per heavy atom. The van der Waals surface area contributed by atoms with Gasteiger partial charge in [-0.3, -0.25) is 4.90 Å². The number of aryl methyl sites for hydroxylation is 1. The van der Waals surface area contributed by atoms with Gasteiger partial charge in [0.2, 0.25) is 0 Å². The SMILES string of the molecule is Cc1cnc(CN(C)CC#N)n1C. The Labute approximate surface area is 78.4 Å². The average Bonchev–Trinajstić information content (AvgIpc) is 2.37. The lowest BCUT2D eigenvalue weighted by atomic mass is 10.5. The Hall–Kier alpha value is -1.34. The van der Waals surface area contributed by atoms with E-state index in [-0.39, 0.29) is 0 Å². The number of rotatable bonds is 3. The Balaban J connectivity index is 2.65. The number of hydrogen-bond donors (Lipinski definition) is 0. The fourth-order valence-corrected chi connectivity index (χ4v) is 1.11. The summed E-state index contributed by atoms with van der Waals surface area (Å²) in [5.74, 6) is 0.996. The molecule has 1 aromatic rings. The largest absolute Gasteiger partial charge is 0.334 e. The molecule has 0 unspecified atom stereocenters. The summed E-state index contributed by atoms with van der Waals surface area (Å²) in [5.41, 5.74) is 1.14. The highest BCUT2D eigenvalue weighted by Gasteiger charge is 2.05. The van der Waals surface area contributed by atoms with Crippen LogP contribution in [0.4, 0.5) is 0 Å². The van der Waals surface area contributed by atoms with E-state index in [2.05, 4.69) is 11.1 Å². The Morgan fingerprint density at radius 3 is 2.85 bits per heavy atom. The molecule has 0 saturated carbocycles. The minimum absolute atomic E-state index is 0.436. The van der Waals surface area contributed by atoms with Crippen LogP contribution in [0.1, 0.15) is 11.5 Å². The molecule has 4 nitrogen and oxygen atoms in total. The van der Waals surface area contributed by atoms with Crippen LogP contribution in [0.3, 0.4) is 0 Å². The molecule has 0 bridgehead atoms. The molecule has 0 aliphatic carbocycles. The second-order valence-corrected chi connectivity index (χ2v) is 3.21. The minimum Gasteiger partial charge on any atom is -0.334 e. The Kier molecular flexibility index (Phi) is 3.04. The monoisotopic (exact) mass is 178 g/mol. The molecule has 13 heavy (non-hydrogen) atoms. The first-order valence-electron chi connectivity index (χ1n) is 4.18. The van der Waals surface area contributed by atoms with Crippen molar-refractivity contribution in [1.82, 2.24) is 14.5 Å². The number of nitrogens with zero attached hydrogens (tertiary/aromatic N) is 4. The molecule has 1 rings (SSSR count). The highest BCUT2D eigenvalue weighted by molar-refractivity contribution is 5.02. The van der Waals surface area contributed by atoms with E-state index in [4.69, 9.17) is 5.26 Å². The van der Waals surface area contributed by atoms with Crippen LogP contribution >= 0.6 is 0 Å². The molecular weight excluding hydrogens is 164 g/mol. The Morgan fingerprint density at radius 2 is 2.38 bits per heavy atom. The van der Waals surface area contributed by atoms with Crippen LogP contribution in [-0.2, 0) is 13.6 Å². The zero-order valence-corrected chi connectivity index (χ0v) is 8.28. The van der Waals surface area contributed by atoms with Crippen LogP contribution in [0.2, 0.25) is 0 Å². The summed E-state index contributed by atoms with van der Waals surface area (Å²) in [6.45, 7) is 3.17. The van der Waals surface area contributed by atoms with Crippen molar-refractivity contribution in [3.8, 4) is 6.07 Å². The molecule has 0 saturated heterocycles. The molecule has 0 atom stereocenters. The molecule has 70 valence electrons. The summed E-state index contributed by atoms with van der Waals surface area (Å²) in [5, 5.41) is 8.47. The second kappa shape index (κ2) is 4.06. The van der Waals surface area contributed by atoms with Gasteiger partial charge in [-0.25, -0.2) is 4.98 Å². The first-order chi connectivity index (χ1) is 6.15. The standard InChI is InChI=1S/C9H14N4/c1-8-6-11-9(13(8)3)7-12(2)5-4-10/h6H,5,7H2,1-3H3. The van der Waals surface area contributed by atoms with Crippen LogP contribution in [-0.4, -0.2) is 28.0 Å². The van der Waals surface area contributed by atoms with Gasteiger partial charge in [0, 0.05) is 18.9 Å². The predicted molar refractivity (Wildman–Crippen MR) is 49.9 cm³/mol. The summed E-state index contributed by atoms with van der Waals surface area (Å²) in [4.78, 5) is 6.18. The molecule has 4 heteroatoms. The van der Waals surface area contributed by atoms with Crippen molar-refractivity contribution in [2.45, 2.75) is 13.5 Å². The molecule has 0 N–H and O–H groups in total. The topological polar surface area (TPSA) is 44.9 Å². The molecular formula is C9H14N4. The maximum Gasteiger partial charge on any atom is 0.122 e. The number of imidazole rings is 1. The highest BCUT2D eigenvalue weighted by Crippen LogP contribution is 2.03. The van der Waals surface area contributed by atoms with Gasteiger partial charge < -0.3 is 4.57 Å². The lowest BCUT2D eigenvalue weighted by Crippen LogP contribution is -2.20. The molecule has 0 aromatic carbocycles. The lowest BCUT2D eigenvalue weighted by Gasteiger charge is -2.11. The van der Waals surface area contributed by atoms with Gasteiger partial charge in [-0.1, -0.05) is 0 Å². The molecule has 0 aliphatic heterocycles. The third-order valence-electron chi connectivity index (χ3n) is 2.07.